The first kappa shape index (κ1) is 15.8. The summed E-state index contributed by atoms with van der Waals surface area (Å²) >= 11 is 12.9. The Hall–Kier alpha value is -1.63. The van der Waals surface area contributed by atoms with Crippen LogP contribution in [-0.2, 0) is 6.54 Å². The Kier molecular flexibility index (Phi) is 4.82. The van der Waals surface area contributed by atoms with Crippen molar-refractivity contribution >= 4 is 46.1 Å². The molecule has 0 N–H and O–H groups in total. The number of halogens is 2. The van der Waals surface area contributed by atoms with Gasteiger partial charge in [-0.05, 0) is 24.3 Å². The standard InChI is InChI=1S/C13H10Cl2N2O3S/c1-16(7-9-3-5-12(15)21-9)13(18)10-4-2-8(14)6-11(10)17(19)20/h2-6H,7H2,1H3. The zero-order valence-corrected chi connectivity index (χ0v) is 13.2. The van der Waals surface area contributed by atoms with Crippen LogP contribution in [0, 0.1) is 10.1 Å². The van der Waals surface area contributed by atoms with E-state index in [1.165, 1.54) is 34.4 Å². The molecule has 0 aliphatic carbocycles. The fraction of sp³-hybridized carbons (Fsp3) is 0.154. The van der Waals surface area contributed by atoms with E-state index in [1.807, 2.05) is 6.07 Å². The average molecular weight is 345 g/mol. The van der Waals surface area contributed by atoms with E-state index in [2.05, 4.69) is 0 Å². The molecule has 0 saturated heterocycles. The van der Waals surface area contributed by atoms with Crippen molar-refractivity contribution in [1.29, 1.82) is 0 Å². The molecule has 5 nitrogen and oxygen atoms in total. The third-order valence-electron chi connectivity index (χ3n) is 2.76. The Morgan fingerprint density at radius 3 is 2.62 bits per heavy atom. The first-order valence-electron chi connectivity index (χ1n) is 5.82. The van der Waals surface area contributed by atoms with Gasteiger partial charge in [0, 0.05) is 23.0 Å². The Morgan fingerprint density at radius 1 is 1.33 bits per heavy atom. The van der Waals surface area contributed by atoms with Crippen LogP contribution < -0.4 is 0 Å². The predicted octanol–water partition coefficient (Wildman–Crippen LogP) is 4.24. The summed E-state index contributed by atoms with van der Waals surface area (Å²) in [5, 5.41) is 11.2. The van der Waals surface area contributed by atoms with Crippen molar-refractivity contribution in [3.63, 3.8) is 0 Å². The lowest BCUT2D eigenvalue weighted by Gasteiger charge is -2.16. The van der Waals surface area contributed by atoms with Crippen molar-refractivity contribution in [3.8, 4) is 0 Å². The maximum atomic E-state index is 12.3. The van der Waals surface area contributed by atoms with E-state index in [0.717, 1.165) is 4.88 Å². The van der Waals surface area contributed by atoms with Gasteiger partial charge in [-0.25, -0.2) is 0 Å². The summed E-state index contributed by atoms with van der Waals surface area (Å²) in [7, 11) is 1.58. The molecule has 8 heteroatoms. The zero-order valence-electron chi connectivity index (χ0n) is 10.9. The number of benzene rings is 1. The second-order valence-electron chi connectivity index (χ2n) is 4.29. The second-order valence-corrected chi connectivity index (χ2v) is 6.52. The lowest BCUT2D eigenvalue weighted by Crippen LogP contribution is -2.26. The molecule has 1 heterocycles. The Morgan fingerprint density at radius 2 is 2.05 bits per heavy atom. The van der Waals surface area contributed by atoms with E-state index >= 15 is 0 Å². The van der Waals surface area contributed by atoms with Gasteiger partial charge in [0.1, 0.15) is 5.56 Å². The summed E-state index contributed by atoms with van der Waals surface area (Å²) in [6.07, 6.45) is 0. The molecule has 21 heavy (non-hydrogen) atoms. The number of carbonyl (C=O) groups is 1. The second kappa shape index (κ2) is 6.43. The van der Waals surface area contributed by atoms with Crippen molar-refractivity contribution < 1.29 is 9.72 Å². The highest BCUT2D eigenvalue weighted by atomic mass is 35.5. The summed E-state index contributed by atoms with van der Waals surface area (Å²) < 4.78 is 0.628. The van der Waals surface area contributed by atoms with Crippen molar-refractivity contribution in [2.24, 2.45) is 0 Å². The third-order valence-corrected chi connectivity index (χ3v) is 4.21. The smallest absolute Gasteiger partial charge is 0.283 e. The van der Waals surface area contributed by atoms with Crippen LogP contribution in [-0.4, -0.2) is 22.8 Å². The zero-order chi connectivity index (χ0) is 15.6. The maximum absolute atomic E-state index is 12.3. The number of nitro benzene ring substituents is 1. The van der Waals surface area contributed by atoms with Gasteiger partial charge < -0.3 is 4.90 Å². The molecule has 0 aliphatic heterocycles. The molecule has 1 aromatic carbocycles. The highest BCUT2D eigenvalue weighted by Gasteiger charge is 2.23. The molecule has 110 valence electrons. The average Bonchev–Trinajstić information content (AvgIpc) is 2.83. The maximum Gasteiger partial charge on any atom is 0.283 e. The number of thiophene rings is 1. The van der Waals surface area contributed by atoms with Gasteiger partial charge in [0.15, 0.2) is 0 Å². The van der Waals surface area contributed by atoms with Gasteiger partial charge in [0.2, 0.25) is 0 Å². The van der Waals surface area contributed by atoms with Crippen molar-refractivity contribution in [2.75, 3.05) is 7.05 Å². The Labute approximate surface area is 134 Å². The van der Waals surface area contributed by atoms with E-state index in [9.17, 15) is 14.9 Å². The third kappa shape index (κ3) is 3.72. The van der Waals surface area contributed by atoms with Crippen LogP contribution in [0.4, 0.5) is 5.69 Å². The van der Waals surface area contributed by atoms with Crippen LogP contribution >= 0.6 is 34.5 Å². The molecule has 0 aliphatic rings. The van der Waals surface area contributed by atoms with Gasteiger partial charge in [0.25, 0.3) is 11.6 Å². The SMILES string of the molecule is CN(Cc1ccc(Cl)s1)C(=O)c1ccc(Cl)cc1[N+](=O)[O-]. The van der Waals surface area contributed by atoms with Gasteiger partial charge in [0.05, 0.1) is 15.8 Å². The normalized spacial score (nSPS) is 10.4. The van der Waals surface area contributed by atoms with Crippen LogP contribution in [0.3, 0.4) is 0 Å². The van der Waals surface area contributed by atoms with Gasteiger partial charge in [-0.15, -0.1) is 11.3 Å². The molecule has 1 aromatic heterocycles. The molecule has 0 fully saturated rings. The molecule has 0 radical (unpaired) electrons. The number of amides is 1. The van der Waals surface area contributed by atoms with Gasteiger partial charge >= 0.3 is 0 Å². The number of rotatable bonds is 4. The molecule has 0 saturated carbocycles. The molecule has 2 rings (SSSR count). The lowest BCUT2D eigenvalue weighted by atomic mass is 10.1. The summed E-state index contributed by atoms with van der Waals surface area (Å²) in [6.45, 7) is 0.329. The van der Waals surface area contributed by atoms with E-state index in [1.54, 1.807) is 13.1 Å². The molecular weight excluding hydrogens is 335 g/mol. The van der Waals surface area contributed by atoms with Crippen LogP contribution in [0.5, 0.6) is 0 Å². The molecule has 0 spiro atoms. The molecular formula is C13H10Cl2N2O3S. The fourth-order valence-electron chi connectivity index (χ4n) is 1.78. The van der Waals surface area contributed by atoms with Crippen molar-refractivity contribution in [3.05, 3.63) is 60.2 Å². The Bertz CT molecular complexity index is 702. The highest BCUT2D eigenvalue weighted by molar-refractivity contribution is 7.16. The monoisotopic (exact) mass is 344 g/mol. The minimum absolute atomic E-state index is 0.00885. The van der Waals surface area contributed by atoms with Crippen LogP contribution in [0.2, 0.25) is 9.36 Å². The number of hydrogen-bond donors (Lipinski definition) is 0. The molecule has 1 amide bonds. The topological polar surface area (TPSA) is 63.5 Å². The van der Waals surface area contributed by atoms with E-state index in [-0.39, 0.29) is 16.3 Å². The first-order chi connectivity index (χ1) is 9.88. The van der Waals surface area contributed by atoms with E-state index < -0.39 is 10.8 Å². The molecule has 0 bridgehead atoms. The summed E-state index contributed by atoms with van der Waals surface area (Å²) in [5.74, 6) is -0.442. The fourth-order valence-corrected chi connectivity index (χ4v) is 3.09. The first-order valence-corrected chi connectivity index (χ1v) is 7.39. The van der Waals surface area contributed by atoms with Crippen molar-refractivity contribution in [1.82, 2.24) is 4.90 Å². The van der Waals surface area contributed by atoms with E-state index in [4.69, 9.17) is 23.2 Å². The number of nitro groups is 1. The minimum atomic E-state index is -0.616. The molecule has 2 aromatic rings. The van der Waals surface area contributed by atoms with Gasteiger partial charge in [-0.2, -0.15) is 0 Å². The lowest BCUT2D eigenvalue weighted by molar-refractivity contribution is -0.385. The summed E-state index contributed by atoms with van der Waals surface area (Å²) in [5.41, 5.74) is -0.293. The quantitative estimate of drug-likeness (QED) is 0.615. The minimum Gasteiger partial charge on any atom is -0.336 e. The highest BCUT2D eigenvalue weighted by Crippen LogP contribution is 2.26. The largest absolute Gasteiger partial charge is 0.336 e. The van der Waals surface area contributed by atoms with Crippen LogP contribution in [0.25, 0.3) is 0 Å². The van der Waals surface area contributed by atoms with Crippen molar-refractivity contribution in [2.45, 2.75) is 6.54 Å². The van der Waals surface area contributed by atoms with Gasteiger partial charge in [-0.3, -0.25) is 14.9 Å². The number of hydrogen-bond acceptors (Lipinski definition) is 4. The number of nitrogens with zero attached hydrogens (tertiary/aromatic N) is 2. The Balaban J connectivity index is 2.25. The van der Waals surface area contributed by atoms with Gasteiger partial charge in [-0.1, -0.05) is 23.2 Å². The summed E-state index contributed by atoms with van der Waals surface area (Å²) in [6, 6.07) is 7.54. The van der Waals surface area contributed by atoms with Crippen LogP contribution in [0.1, 0.15) is 15.2 Å². The molecule has 0 atom stereocenters. The number of carbonyl (C=O) groups excluding carboxylic acids is 1. The predicted molar refractivity (Wildman–Crippen MR) is 83.2 cm³/mol. The van der Waals surface area contributed by atoms with E-state index in [0.29, 0.717) is 10.9 Å². The summed E-state index contributed by atoms with van der Waals surface area (Å²) in [4.78, 5) is 25.0. The van der Waals surface area contributed by atoms with Crippen LogP contribution in [0.15, 0.2) is 30.3 Å². The molecule has 0 unspecified atom stereocenters.